The van der Waals surface area contributed by atoms with E-state index in [4.69, 9.17) is 9.47 Å². The van der Waals surface area contributed by atoms with Crippen LogP contribution >= 0.6 is 0 Å². The molecule has 90 valence electrons. The number of aliphatic hydroxyl groups is 1. The van der Waals surface area contributed by atoms with E-state index in [9.17, 15) is 5.11 Å². The summed E-state index contributed by atoms with van der Waals surface area (Å²) >= 11 is 0. The zero-order valence-electron chi connectivity index (χ0n) is 10.00. The largest absolute Gasteiger partial charge is 0.388 e. The van der Waals surface area contributed by atoms with Crippen molar-refractivity contribution >= 4 is 0 Å². The SMILES string of the molecule is CCOC1(C(O)COC)CCCCCC1. The topological polar surface area (TPSA) is 38.7 Å². The van der Waals surface area contributed by atoms with Gasteiger partial charge in [-0.2, -0.15) is 0 Å². The maximum atomic E-state index is 10.1. The first-order valence-corrected chi connectivity index (χ1v) is 6.06. The molecule has 0 aromatic rings. The van der Waals surface area contributed by atoms with E-state index in [1.165, 1.54) is 12.8 Å². The van der Waals surface area contributed by atoms with Crippen molar-refractivity contribution in [1.82, 2.24) is 0 Å². The Kier molecular flexibility index (Phi) is 5.58. The van der Waals surface area contributed by atoms with E-state index in [0.29, 0.717) is 13.2 Å². The Hall–Kier alpha value is -0.120. The van der Waals surface area contributed by atoms with Crippen LogP contribution in [-0.2, 0) is 9.47 Å². The van der Waals surface area contributed by atoms with Gasteiger partial charge in [-0.15, -0.1) is 0 Å². The van der Waals surface area contributed by atoms with E-state index >= 15 is 0 Å². The fourth-order valence-electron chi connectivity index (χ4n) is 2.50. The Bertz CT molecular complexity index is 162. The molecule has 3 nitrogen and oxygen atoms in total. The summed E-state index contributed by atoms with van der Waals surface area (Å²) in [5.74, 6) is 0. The standard InChI is InChI=1S/C12H24O3/c1-3-15-12(11(13)10-14-2)8-6-4-5-7-9-12/h11,13H,3-10H2,1-2H3. The molecule has 1 N–H and O–H groups in total. The van der Waals surface area contributed by atoms with Crippen molar-refractivity contribution in [3.63, 3.8) is 0 Å². The van der Waals surface area contributed by atoms with Gasteiger partial charge in [0.05, 0.1) is 12.2 Å². The lowest BCUT2D eigenvalue weighted by atomic mass is 9.88. The summed E-state index contributed by atoms with van der Waals surface area (Å²) in [6.45, 7) is 3.03. The van der Waals surface area contributed by atoms with Crippen LogP contribution in [0.1, 0.15) is 45.4 Å². The van der Waals surface area contributed by atoms with Gasteiger partial charge in [0.25, 0.3) is 0 Å². The predicted octanol–water partition coefficient (Wildman–Crippen LogP) is 2.12. The van der Waals surface area contributed by atoms with E-state index in [1.807, 2.05) is 6.92 Å². The van der Waals surface area contributed by atoms with Crippen LogP contribution in [0.15, 0.2) is 0 Å². The maximum Gasteiger partial charge on any atom is 0.106 e. The van der Waals surface area contributed by atoms with Crippen LogP contribution in [0.2, 0.25) is 0 Å². The highest BCUT2D eigenvalue weighted by atomic mass is 16.5. The first-order valence-electron chi connectivity index (χ1n) is 6.06. The number of hydrogen-bond donors (Lipinski definition) is 1. The van der Waals surface area contributed by atoms with E-state index < -0.39 is 6.10 Å². The minimum absolute atomic E-state index is 0.346. The Balaban J connectivity index is 2.65. The second-order valence-corrected chi connectivity index (χ2v) is 4.38. The molecule has 1 atom stereocenters. The molecule has 0 aromatic heterocycles. The smallest absolute Gasteiger partial charge is 0.106 e. The van der Waals surface area contributed by atoms with Gasteiger partial charge in [-0.1, -0.05) is 25.7 Å². The first-order chi connectivity index (χ1) is 7.25. The third kappa shape index (κ3) is 3.44. The molecule has 0 heterocycles. The molecular formula is C12H24O3. The van der Waals surface area contributed by atoms with Gasteiger partial charge in [0.15, 0.2) is 0 Å². The fraction of sp³-hybridized carbons (Fsp3) is 1.00. The molecule has 15 heavy (non-hydrogen) atoms. The summed E-state index contributed by atoms with van der Waals surface area (Å²) in [7, 11) is 1.62. The number of hydrogen-bond acceptors (Lipinski definition) is 3. The Morgan fingerprint density at radius 1 is 1.20 bits per heavy atom. The lowest BCUT2D eigenvalue weighted by Crippen LogP contribution is -2.47. The normalized spacial score (nSPS) is 23.4. The van der Waals surface area contributed by atoms with Crippen molar-refractivity contribution in [3.05, 3.63) is 0 Å². The van der Waals surface area contributed by atoms with Crippen LogP contribution in [0.5, 0.6) is 0 Å². The van der Waals surface area contributed by atoms with E-state index in [2.05, 4.69) is 0 Å². The third-order valence-corrected chi connectivity index (χ3v) is 3.31. The quantitative estimate of drug-likeness (QED) is 0.715. The van der Waals surface area contributed by atoms with Gasteiger partial charge in [-0.3, -0.25) is 0 Å². The van der Waals surface area contributed by atoms with E-state index in [1.54, 1.807) is 7.11 Å². The molecule has 1 rings (SSSR count). The Labute approximate surface area is 92.8 Å². The lowest BCUT2D eigenvalue weighted by Gasteiger charge is -2.36. The summed E-state index contributed by atoms with van der Waals surface area (Å²) < 4.78 is 10.9. The Morgan fingerprint density at radius 3 is 2.27 bits per heavy atom. The molecule has 1 fully saturated rings. The van der Waals surface area contributed by atoms with Crippen LogP contribution in [0.4, 0.5) is 0 Å². The van der Waals surface area contributed by atoms with Crippen LogP contribution in [-0.4, -0.2) is 37.1 Å². The van der Waals surface area contributed by atoms with E-state index in [-0.39, 0.29) is 5.60 Å². The van der Waals surface area contributed by atoms with Gasteiger partial charge < -0.3 is 14.6 Å². The molecule has 0 amide bonds. The molecule has 1 aliphatic carbocycles. The van der Waals surface area contributed by atoms with Crippen molar-refractivity contribution < 1.29 is 14.6 Å². The maximum absolute atomic E-state index is 10.1. The van der Waals surface area contributed by atoms with Gasteiger partial charge in [0, 0.05) is 13.7 Å². The second kappa shape index (κ2) is 6.46. The molecule has 1 unspecified atom stereocenters. The zero-order chi connectivity index (χ0) is 11.1. The highest BCUT2D eigenvalue weighted by Crippen LogP contribution is 2.33. The van der Waals surface area contributed by atoms with E-state index in [0.717, 1.165) is 25.7 Å². The molecule has 0 aliphatic heterocycles. The summed E-state index contributed by atoms with van der Waals surface area (Å²) in [5, 5.41) is 10.1. The third-order valence-electron chi connectivity index (χ3n) is 3.31. The highest BCUT2D eigenvalue weighted by molar-refractivity contribution is 4.90. The molecule has 3 heteroatoms. The minimum atomic E-state index is -0.486. The molecular weight excluding hydrogens is 192 g/mol. The molecule has 0 saturated heterocycles. The lowest BCUT2D eigenvalue weighted by molar-refractivity contribution is -0.145. The van der Waals surface area contributed by atoms with Crippen LogP contribution in [0, 0.1) is 0 Å². The number of ether oxygens (including phenoxy) is 2. The van der Waals surface area contributed by atoms with Crippen molar-refractivity contribution in [2.45, 2.75) is 57.2 Å². The van der Waals surface area contributed by atoms with Gasteiger partial charge in [-0.05, 0) is 19.8 Å². The number of aliphatic hydroxyl groups excluding tert-OH is 1. The molecule has 0 bridgehead atoms. The van der Waals surface area contributed by atoms with Gasteiger partial charge in [0.1, 0.15) is 6.10 Å². The summed E-state index contributed by atoms with van der Waals surface area (Å²) in [4.78, 5) is 0. The first kappa shape index (κ1) is 12.9. The van der Waals surface area contributed by atoms with Gasteiger partial charge in [-0.25, -0.2) is 0 Å². The molecule has 0 aromatic carbocycles. The molecule has 1 aliphatic rings. The Morgan fingerprint density at radius 2 is 1.80 bits per heavy atom. The van der Waals surface area contributed by atoms with Crippen LogP contribution in [0.3, 0.4) is 0 Å². The average molecular weight is 216 g/mol. The summed E-state index contributed by atoms with van der Waals surface area (Å²) in [6, 6.07) is 0. The van der Waals surface area contributed by atoms with Crippen molar-refractivity contribution in [2.24, 2.45) is 0 Å². The van der Waals surface area contributed by atoms with Crippen molar-refractivity contribution in [3.8, 4) is 0 Å². The van der Waals surface area contributed by atoms with Crippen molar-refractivity contribution in [2.75, 3.05) is 20.3 Å². The number of rotatable bonds is 5. The predicted molar refractivity (Wildman–Crippen MR) is 59.9 cm³/mol. The van der Waals surface area contributed by atoms with Crippen molar-refractivity contribution in [1.29, 1.82) is 0 Å². The van der Waals surface area contributed by atoms with Crippen LogP contribution < -0.4 is 0 Å². The monoisotopic (exact) mass is 216 g/mol. The van der Waals surface area contributed by atoms with Gasteiger partial charge in [0.2, 0.25) is 0 Å². The molecule has 0 spiro atoms. The second-order valence-electron chi connectivity index (χ2n) is 4.38. The van der Waals surface area contributed by atoms with Gasteiger partial charge >= 0.3 is 0 Å². The molecule has 0 radical (unpaired) electrons. The summed E-state index contributed by atoms with van der Waals surface area (Å²) in [6.07, 6.45) is 6.27. The average Bonchev–Trinajstić information content (AvgIpc) is 2.45. The number of methoxy groups -OCH3 is 1. The zero-order valence-corrected chi connectivity index (χ0v) is 10.00. The minimum Gasteiger partial charge on any atom is -0.388 e. The highest BCUT2D eigenvalue weighted by Gasteiger charge is 2.38. The fourth-order valence-corrected chi connectivity index (χ4v) is 2.50. The molecule has 1 saturated carbocycles. The van der Waals surface area contributed by atoms with Crippen LogP contribution in [0.25, 0.3) is 0 Å². The summed E-state index contributed by atoms with van der Waals surface area (Å²) in [5.41, 5.74) is -0.346.